The van der Waals surface area contributed by atoms with Crippen LogP contribution >= 0.6 is 0 Å². The van der Waals surface area contributed by atoms with Crippen molar-refractivity contribution in [2.45, 2.75) is 39.2 Å². The summed E-state index contributed by atoms with van der Waals surface area (Å²) in [6, 6.07) is 4.24. The molecule has 0 saturated heterocycles. The third-order valence-corrected chi connectivity index (χ3v) is 2.16. The van der Waals surface area contributed by atoms with Gasteiger partial charge in [-0.15, -0.1) is 0 Å². The van der Waals surface area contributed by atoms with Crippen LogP contribution in [-0.2, 0) is 6.42 Å². The lowest BCUT2D eigenvalue weighted by atomic mass is 10.1. The fourth-order valence-corrected chi connectivity index (χ4v) is 1.21. The molecule has 1 heterocycles. The Kier molecular flexibility index (Phi) is 3.90. The molecule has 1 rings (SSSR count). The van der Waals surface area contributed by atoms with Gasteiger partial charge in [-0.25, -0.2) is 0 Å². The minimum Gasteiger partial charge on any atom is -0.324 e. The Hall–Kier alpha value is -0.890. The highest BCUT2D eigenvalue weighted by Gasteiger charge is 1.99. The fourth-order valence-electron chi connectivity index (χ4n) is 1.21. The van der Waals surface area contributed by atoms with Gasteiger partial charge >= 0.3 is 0 Å². The highest BCUT2D eigenvalue weighted by Crippen LogP contribution is 2.09. The molecule has 72 valence electrons. The number of aromatic nitrogens is 1. The summed E-state index contributed by atoms with van der Waals surface area (Å²) >= 11 is 0. The molecule has 1 aromatic rings. The Balaban J connectivity index is 2.59. The molecule has 0 radical (unpaired) electrons. The number of unbranched alkanes of at least 4 members (excludes halogenated alkanes) is 1. The number of aryl methyl sites for hydroxylation is 1. The van der Waals surface area contributed by atoms with E-state index in [4.69, 9.17) is 5.73 Å². The van der Waals surface area contributed by atoms with Crippen LogP contribution in [0.1, 0.15) is 44.0 Å². The molecule has 0 aromatic carbocycles. The summed E-state index contributed by atoms with van der Waals surface area (Å²) in [6.07, 6.45) is 5.40. The van der Waals surface area contributed by atoms with Crippen molar-refractivity contribution in [3.05, 3.63) is 29.6 Å². The number of rotatable bonds is 4. The van der Waals surface area contributed by atoms with Crippen molar-refractivity contribution < 1.29 is 0 Å². The quantitative estimate of drug-likeness (QED) is 0.769. The molecule has 0 spiro atoms. The monoisotopic (exact) mass is 178 g/mol. The number of pyridine rings is 1. The first kappa shape index (κ1) is 10.2. The van der Waals surface area contributed by atoms with Crippen LogP contribution in [0.15, 0.2) is 18.3 Å². The van der Waals surface area contributed by atoms with Crippen LogP contribution in [0, 0.1) is 0 Å². The van der Waals surface area contributed by atoms with Crippen LogP contribution < -0.4 is 5.73 Å². The van der Waals surface area contributed by atoms with Crippen molar-refractivity contribution in [2.75, 3.05) is 0 Å². The molecule has 0 fully saturated rings. The minimum atomic E-state index is 0.0905. The standard InChI is InChI=1S/C11H18N2/c1-3-4-5-11-7-6-10(8-13-11)9(2)12/h6-9H,3-5,12H2,1-2H3. The molecule has 0 aliphatic rings. The molecule has 2 nitrogen and oxygen atoms in total. The Bertz CT molecular complexity index is 239. The molecule has 0 amide bonds. The van der Waals surface area contributed by atoms with Crippen molar-refractivity contribution in [1.82, 2.24) is 4.98 Å². The van der Waals surface area contributed by atoms with Crippen molar-refractivity contribution in [1.29, 1.82) is 0 Å². The largest absolute Gasteiger partial charge is 0.324 e. The molecular formula is C11H18N2. The second-order valence-electron chi connectivity index (χ2n) is 3.48. The molecule has 1 aromatic heterocycles. The van der Waals surface area contributed by atoms with Crippen LogP contribution in [0.4, 0.5) is 0 Å². The van der Waals surface area contributed by atoms with E-state index >= 15 is 0 Å². The molecule has 0 bridgehead atoms. The van der Waals surface area contributed by atoms with Crippen molar-refractivity contribution in [3.63, 3.8) is 0 Å². The van der Waals surface area contributed by atoms with E-state index in [1.807, 2.05) is 13.1 Å². The summed E-state index contributed by atoms with van der Waals surface area (Å²) in [5, 5.41) is 0. The van der Waals surface area contributed by atoms with Crippen LogP contribution in [0.25, 0.3) is 0 Å². The van der Waals surface area contributed by atoms with Crippen LogP contribution in [0.3, 0.4) is 0 Å². The van der Waals surface area contributed by atoms with Gasteiger partial charge in [0.2, 0.25) is 0 Å². The zero-order valence-electron chi connectivity index (χ0n) is 8.46. The third-order valence-electron chi connectivity index (χ3n) is 2.16. The molecule has 0 saturated carbocycles. The van der Waals surface area contributed by atoms with Gasteiger partial charge in [0.05, 0.1) is 0 Å². The van der Waals surface area contributed by atoms with Crippen LogP contribution in [-0.4, -0.2) is 4.98 Å². The van der Waals surface area contributed by atoms with E-state index < -0.39 is 0 Å². The van der Waals surface area contributed by atoms with E-state index in [1.54, 1.807) is 0 Å². The summed E-state index contributed by atoms with van der Waals surface area (Å²) in [5.41, 5.74) is 8.01. The van der Waals surface area contributed by atoms with E-state index in [-0.39, 0.29) is 6.04 Å². The molecule has 1 atom stereocenters. The molecular weight excluding hydrogens is 160 g/mol. The van der Waals surface area contributed by atoms with Gasteiger partial charge in [0.25, 0.3) is 0 Å². The van der Waals surface area contributed by atoms with Gasteiger partial charge in [0.1, 0.15) is 0 Å². The maximum atomic E-state index is 5.72. The number of hydrogen-bond acceptors (Lipinski definition) is 2. The molecule has 0 aliphatic carbocycles. The first-order chi connectivity index (χ1) is 6.24. The van der Waals surface area contributed by atoms with Gasteiger partial charge in [-0.3, -0.25) is 4.98 Å². The van der Waals surface area contributed by atoms with Crippen LogP contribution in [0.2, 0.25) is 0 Å². The smallest absolute Gasteiger partial charge is 0.0403 e. The second-order valence-corrected chi connectivity index (χ2v) is 3.48. The van der Waals surface area contributed by atoms with Gasteiger partial charge in [0, 0.05) is 17.9 Å². The van der Waals surface area contributed by atoms with Gasteiger partial charge in [-0.1, -0.05) is 19.4 Å². The van der Waals surface area contributed by atoms with Crippen molar-refractivity contribution >= 4 is 0 Å². The zero-order chi connectivity index (χ0) is 9.68. The van der Waals surface area contributed by atoms with E-state index in [1.165, 1.54) is 18.5 Å². The average Bonchev–Trinajstić information content (AvgIpc) is 2.15. The number of nitrogens with zero attached hydrogens (tertiary/aromatic N) is 1. The summed E-state index contributed by atoms with van der Waals surface area (Å²) in [6.45, 7) is 4.17. The predicted octanol–water partition coefficient (Wildman–Crippen LogP) is 2.44. The minimum absolute atomic E-state index is 0.0905. The van der Waals surface area contributed by atoms with Gasteiger partial charge in [-0.05, 0) is 31.4 Å². The van der Waals surface area contributed by atoms with E-state index in [9.17, 15) is 0 Å². The first-order valence-electron chi connectivity index (χ1n) is 4.94. The topological polar surface area (TPSA) is 38.9 Å². The second kappa shape index (κ2) is 4.97. The summed E-state index contributed by atoms with van der Waals surface area (Å²) < 4.78 is 0. The highest BCUT2D eigenvalue weighted by atomic mass is 14.7. The number of hydrogen-bond donors (Lipinski definition) is 1. The normalized spacial score (nSPS) is 12.8. The third kappa shape index (κ3) is 3.15. The lowest BCUT2D eigenvalue weighted by Gasteiger charge is -2.05. The van der Waals surface area contributed by atoms with Crippen molar-refractivity contribution in [3.8, 4) is 0 Å². The van der Waals surface area contributed by atoms with Gasteiger partial charge in [-0.2, -0.15) is 0 Å². The summed E-state index contributed by atoms with van der Waals surface area (Å²) in [5.74, 6) is 0. The van der Waals surface area contributed by atoms with Crippen LogP contribution in [0.5, 0.6) is 0 Å². The maximum Gasteiger partial charge on any atom is 0.0403 e. The van der Waals surface area contributed by atoms with Gasteiger partial charge in [0.15, 0.2) is 0 Å². The number of nitrogens with two attached hydrogens (primary N) is 1. The van der Waals surface area contributed by atoms with Crippen molar-refractivity contribution in [2.24, 2.45) is 5.73 Å². The predicted molar refractivity (Wildman–Crippen MR) is 55.5 cm³/mol. The average molecular weight is 178 g/mol. The Morgan fingerprint density at radius 1 is 1.46 bits per heavy atom. The molecule has 1 unspecified atom stereocenters. The summed E-state index contributed by atoms with van der Waals surface area (Å²) in [4.78, 5) is 4.36. The van der Waals surface area contributed by atoms with E-state index in [0.29, 0.717) is 0 Å². The van der Waals surface area contributed by atoms with E-state index in [0.717, 1.165) is 12.0 Å². The fraction of sp³-hybridized carbons (Fsp3) is 0.545. The molecule has 2 heteroatoms. The van der Waals surface area contributed by atoms with E-state index in [2.05, 4.69) is 24.0 Å². The summed E-state index contributed by atoms with van der Waals surface area (Å²) in [7, 11) is 0. The molecule has 13 heavy (non-hydrogen) atoms. The first-order valence-corrected chi connectivity index (χ1v) is 4.94. The van der Waals surface area contributed by atoms with Gasteiger partial charge < -0.3 is 5.73 Å². The SMILES string of the molecule is CCCCc1ccc(C(C)N)cn1. The Labute approximate surface area is 80.2 Å². The highest BCUT2D eigenvalue weighted by molar-refractivity contribution is 5.16. The molecule has 0 aliphatic heterocycles. The lowest BCUT2D eigenvalue weighted by molar-refractivity contribution is 0.766. The Morgan fingerprint density at radius 2 is 2.23 bits per heavy atom. The zero-order valence-corrected chi connectivity index (χ0v) is 8.46. The molecule has 2 N–H and O–H groups in total. The maximum absolute atomic E-state index is 5.72. The lowest BCUT2D eigenvalue weighted by Crippen LogP contribution is -2.05. The Morgan fingerprint density at radius 3 is 2.69 bits per heavy atom.